The number of aliphatic hydroxyl groups excluding tert-OH is 1. The van der Waals surface area contributed by atoms with Gasteiger partial charge in [-0.15, -0.1) is 0 Å². The van der Waals surface area contributed by atoms with E-state index in [1.807, 2.05) is 13.0 Å². The molecular weight excluding hydrogens is 748 g/mol. The van der Waals surface area contributed by atoms with Crippen molar-refractivity contribution in [2.24, 2.45) is 11.8 Å². The fourth-order valence-corrected chi connectivity index (χ4v) is 7.15. The third-order valence-corrected chi connectivity index (χ3v) is 11.0. The Morgan fingerprint density at radius 2 is 1.79 bits per heavy atom. The molecule has 2 aliphatic heterocycles. The number of aliphatic hydroxyl groups is 2. The number of hydrogen-bond donors (Lipinski definition) is 4. The number of likely N-dealkylation sites (N-methyl/N-ethyl adjacent to an activating group) is 1. The number of esters is 1. The van der Waals surface area contributed by atoms with Gasteiger partial charge >= 0.3 is 12.1 Å². The van der Waals surface area contributed by atoms with E-state index in [9.17, 15) is 29.4 Å². The SMILES string of the molecule is COc1ccc(C(=O)N(C)[C@@H](C)C(=O)O[C@H]2CC(=O)N(C)c3cc(cc(OC)c3Cl)C/C(C)=C/C=C/[C@@H](OC)[C@@]3(O)C[C@H](OC(=O)N3)[C@@H](C)[C@H](O)[C@@H]2C)cc1N. The molecule has 0 saturated carbocycles. The number of carbonyl (C=O) groups excluding carboxylic acids is 4. The van der Waals surface area contributed by atoms with Crippen LogP contribution in [0.3, 0.4) is 0 Å². The highest BCUT2D eigenvalue weighted by Gasteiger charge is 2.48. The Morgan fingerprint density at radius 1 is 1.11 bits per heavy atom. The molecule has 3 amide bonds. The van der Waals surface area contributed by atoms with E-state index in [-0.39, 0.29) is 22.7 Å². The number of nitrogen functional groups attached to an aromatic ring is 1. The lowest BCUT2D eigenvalue weighted by Crippen LogP contribution is -2.64. The second kappa shape index (κ2) is 18.4. The molecule has 2 aromatic carbocycles. The molecule has 0 radical (unpaired) electrons. The predicted molar refractivity (Wildman–Crippen MR) is 210 cm³/mol. The van der Waals surface area contributed by atoms with Gasteiger partial charge in [-0.2, -0.15) is 0 Å². The molecular formula is C40H53ClN4O11. The summed E-state index contributed by atoms with van der Waals surface area (Å²) in [7, 11) is 7.25. The minimum Gasteiger partial charge on any atom is -0.495 e. The van der Waals surface area contributed by atoms with E-state index in [1.165, 1.54) is 70.3 Å². The number of halogens is 1. The normalized spacial score (nSPS) is 28.1. The number of carbonyl (C=O) groups is 4. The largest absolute Gasteiger partial charge is 0.495 e. The maximum absolute atomic E-state index is 14.1. The van der Waals surface area contributed by atoms with Crippen LogP contribution in [0.4, 0.5) is 16.2 Å². The number of rotatable bonds is 7. The fourth-order valence-electron chi connectivity index (χ4n) is 6.84. The summed E-state index contributed by atoms with van der Waals surface area (Å²) in [6, 6.07) is 6.85. The van der Waals surface area contributed by atoms with Gasteiger partial charge in [-0.1, -0.05) is 49.2 Å². The van der Waals surface area contributed by atoms with Crippen LogP contribution in [0.15, 0.2) is 54.1 Å². The number of nitrogens with zero attached hydrogens (tertiary/aromatic N) is 2. The van der Waals surface area contributed by atoms with Crippen LogP contribution in [0.2, 0.25) is 5.02 Å². The van der Waals surface area contributed by atoms with E-state index in [0.717, 1.165) is 11.1 Å². The second-order valence-corrected chi connectivity index (χ2v) is 14.8. The van der Waals surface area contributed by atoms with E-state index >= 15 is 0 Å². The first-order valence-electron chi connectivity index (χ1n) is 18.2. The lowest BCUT2D eigenvalue weighted by atomic mass is 9.81. The summed E-state index contributed by atoms with van der Waals surface area (Å²) < 4.78 is 27.9. The van der Waals surface area contributed by atoms with Gasteiger partial charge in [-0.3, -0.25) is 14.9 Å². The molecule has 5 N–H and O–H groups in total. The number of anilines is 2. The minimum absolute atomic E-state index is 0.175. The summed E-state index contributed by atoms with van der Waals surface area (Å²) in [5, 5.41) is 26.2. The smallest absolute Gasteiger partial charge is 0.409 e. The van der Waals surface area contributed by atoms with Crippen LogP contribution >= 0.6 is 11.6 Å². The minimum atomic E-state index is -1.92. The van der Waals surface area contributed by atoms with Crippen LogP contribution in [0.5, 0.6) is 11.5 Å². The highest BCUT2D eigenvalue weighted by atomic mass is 35.5. The molecule has 2 heterocycles. The molecule has 0 spiro atoms. The Hall–Kier alpha value is -4.83. The van der Waals surface area contributed by atoms with E-state index in [1.54, 1.807) is 38.1 Å². The maximum Gasteiger partial charge on any atom is 0.409 e. The van der Waals surface area contributed by atoms with Crippen molar-refractivity contribution < 1.29 is 53.1 Å². The first-order chi connectivity index (χ1) is 26.3. The van der Waals surface area contributed by atoms with Crippen LogP contribution in [0, 0.1) is 11.8 Å². The zero-order valence-electron chi connectivity index (χ0n) is 33.2. The average Bonchev–Trinajstić information content (AvgIpc) is 3.16. The van der Waals surface area contributed by atoms with E-state index in [4.69, 9.17) is 41.0 Å². The molecule has 4 rings (SSSR count). The standard InChI is InChI=1S/C40H53ClN4O11/c1-21-11-10-12-33(54-9)40(51)20-32(56-39(50)43-40)23(3)36(47)22(2)30(19-34(46)45(6)28-16-25(15-21)17-31(53-8)35(28)41)55-38(49)24(4)44(5)37(48)26-13-14-29(52-7)27(42)18-26/h10-14,16-18,22-24,30,32-33,36,47,51H,15,19-20,42H2,1-9H3,(H,43,50)/b12-10+,21-11+/t22-,23-,24+,30+,32+,33-,36-,40+/m1/s1. The summed E-state index contributed by atoms with van der Waals surface area (Å²) in [4.78, 5) is 56.7. The number of allylic oxidation sites excluding steroid dienone is 3. The van der Waals surface area contributed by atoms with Crippen LogP contribution < -0.4 is 25.4 Å². The first kappa shape index (κ1) is 43.9. The van der Waals surface area contributed by atoms with Crippen molar-refractivity contribution in [3.8, 4) is 11.5 Å². The van der Waals surface area contributed by atoms with Crippen molar-refractivity contribution >= 4 is 46.9 Å². The highest BCUT2D eigenvalue weighted by Crippen LogP contribution is 2.38. The van der Waals surface area contributed by atoms with E-state index in [2.05, 4.69) is 5.32 Å². The molecule has 306 valence electrons. The van der Waals surface area contributed by atoms with Gasteiger partial charge in [0, 0.05) is 45.0 Å². The van der Waals surface area contributed by atoms with Crippen LogP contribution in [0.1, 0.15) is 56.5 Å². The monoisotopic (exact) mass is 800 g/mol. The lowest BCUT2D eigenvalue weighted by molar-refractivity contribution is -0.165. The van der Waals surface area contributed by atoms with Gasteiger partial charge in [0.25, 0.3) is 5.91 Å². The Labute approximate surface area is 332 Å². The molecule has 8 atom stereocenters. The van der Waals surface area contributed by atoms with Crippen molar-refractivity contribution in [2.75, 3.05) is 46.1 Å². The average molecular weight is 801 g/mol. The Bertz CT molecular complexity index is 1850. The number of methoxy groups -OCH3 is 3. The number of benzene rings is 2. The predicted octanol–water partition coefficient (Wildman–Crippen LogP) is 4.26. The summed E-state index contributed by atoms with van der Waals surface area (Å²) in [5.41, 5.74) is 6.53. The molecule has 0 unspecified atom stereocenters. The molecule has 2 aliphatic rings. The third kappa shape index (κ3) is 9.75. The molecule has 56 heavy (non-hydrogen) atoms. The lowest BCUT2D eigenvalue weighted by Gasteiger charge is -2.43. The zero-order valence-corrected chi connectivity index (χ0v) is 34.0. The quantitative estimate of drug-likeness (QED) is 0.230. The Balaban J connectivity index is 1.75. The van der Waals surface area contributed by atoms with Crippen LogP contribution in [0.25, 0.3) is 0 Å². The Morgan fingerprint density at radius 3 is 2.41 bits per heavy atom. The maximum atomic E-state index is 14.1. The molecule has 2 aromatic rings. The zero-order chi connectivity index (χ0) is 41.6. The van der Waals surface area contributed by atoms with Crippen molar-refractivity contribution in [3.63, 3.8) is 0 Å². The fraction of sp³-hybridized carbons (Fsp3) is 0.500. The molecule has 0 aromatic heterocycles. The molecule has 4 bridgehead atoms. The third-order valence-electron chi connectivity index (χ3n) is 10.6. The van der Waals surface area contributed by atoms with E-state index in [0.29, 0.717) is 23.6 Å². The molecule has 0 aliphatic carbocycles. The molecule has 15 nitrogen and oxygen atoms in total. The highest BCUT2D eigenvalue weighted by molar-refractivity contribution is 6.35. The van der Waals surface area contributed by atoms with Gasteiger partial charge in [-0.25, -0.2) is 9.59 Å². The van der Waals surface area contributed by atoms with Crippen molar-refractivity contribution in [2.45, 2.75) is 83.1 Å². The number of alkyl carbamates (subject to hydrolysis) is 1. The summed E-state index contributed by atoms with van der Waals surface area (Å²) in [6.07, 6.45) is -0.612. The number of nitrogens with two attached hydrogens (primary N) is 1. The van der Waals surface area contributed by atoms with Gasteiger partial charge < -0.3 is 49.4 Å². The number of fused-ring (bicyclic) bond motifs is 4. The van der Waals surface area contributed by atoms with Gasteiger partial charge in [0.15, 0.2) is 5.72 Å². The summed E-state index contributed by atoms with van der Waals surface area (Å²) in [6.45, 7) is 6.58. The number of hydrogen-bond acceptors (Lipinski definition) is 12. The second-order valence-electron chi connectivity index (χ2n) is 14.4. The van der Waals surface area contributed by atoms with E-state index < -0.39 is 78.3 Å². The first-order valence-corrected chi connectivity index (χ1v) is 18.5. The Kier molecular flexibility index (Phi) is 14.4. The summed E-state index contributed by atoms with van der Waals surface area (Å²) >= 11 is 6.74. The topological polar surface area (TPSA) is 199 Å². The van der Waals surface area contributed by atoms with Crippen LogP contribution in [-0.4, -0.2) is 111 Å². The molecule has 16 heteroatoms. The number of nitrogens with one attached hydrogen (secondary N) is 1. The van der Waals surface area contributed by atoms with Gasteiger partial charge in [0.05, 0.1) is 38.1 Å². The van der Waals surface area contributed by atoms with Gasteiger partial charge in [0.2, 0.25) is 5.91 Å². The van der Waals surface area contributed by atoms with Gasteiger partial charge in [-0.05, 0) is 56.2 Å². The van der Waals surface area contributed by atoms with Crippen LogP contribution in [-0.2, 0) is 30.2 Å². The molecule has 1 fully saturated rings. The van der Waals surface area contributed by atoms with Gasteiger partial charge in [0.1, 0.15) is 40.9 Å². The van der Waals surface area contributed by atoms with Crippen molar-refractivity contribution in [3.05, 3.63) is 70.3 Å². The van der Waals surface area contributed by atoms with Crippen molar-refractivity contribution in [1.29, 1.82) is 0 Å². The number of amides is 3. The molecule has 1 saturated heterocycles. The van der Waals surface area contributed by atoms with Crippen molar-refractivity contribution in [1.82, 2.24) is 10.2 Å². The summed E-state index contributed by atoms with van der Waals surface area (Å²) in [5.74, 6) is -2.98. The number of ether oxygens (including phenoxy) is 5.